The Morgan fingerprint density at radius 1 is 1.30 bits per heavy atom. The van der Waals surface area contributed by atoms with Crippen LogP contribution >= 0.6 is 0 Å². The van der Waals surface area contributed by atoms with Crippen LogP contribution in [0.1, 0.15) is 55.8 Å². The number of aromatic nitrogens is 1. The van der Waals surface area contributed by atoms with Crippen LogP contribution in [0.15, 0.2) is 12.3 Å². The first-order valence-electron chi connectivity index (χ1n) is 12.0. The summed E-state index contributed by atoms with van der Waals surface area (Å²) in [6.45, 7) is 3.73. The number of carbonyl (C=O) groups excluding carboxylic acids is 1. The number of ether oxygens (including phenoxy) is 1. The molecule has 0 aromatic carbocycles. The average Bonchev–Trinajstić information content (AvgIpc) is 3.29. The number of aliphatic hydroxyl groups is 1. The third kappa shape index (κ3) is 4.17. The molecule has 2 bridgehead atoms. The van der Waals surface area contributed by atoms with E-state index in [2.05, 4.69) is 10.3 Å². The summed E-state index contributed by atoms with van der Waals surface area (Å²) in [5.74, 6) is 0.865. The Morgan fingerprint density at radius 3 is 2.70 bits per heavy atom. The summed E-state index contributed by atoms with van der Waals surface area (Å²) >= 11 is 0. The van der Waals surface area contributed by atoms with Crippen LogP contribution in [-0.2, 0) is 28.7 Å². The minimum Gasteiger partial charge on any atom is -0.392 e. The number of rotatable bonds is 4. The zero-order chi connectivity index (χ0) is 23.4. The van der Waals surface area contributed by atoms with E-state index in [1.165, 1.54) is 0 Å². The van der Waals surface area contributed by atoms with E-state index < -0.39 is 23.3 Å². The van der Waals surface area contributed by atoms with Crippen molar-refractivity contribution in [3.8, 4) is 0 Å². The Hall–Kier alpha value is -1.71. The lowest BCUT2D eigenvalue weighted by atomic mass is 9.78. The maximum Gasteiger partial charge on any atom is 0.417 e. The smallest absolute Gasteiger partial charge is 0.392 e. The molecular formula is C24H32F3N3O3. The van der Waals surface area contributed by atoms with Crippen LogP contribution in [-0.4, -0.2) is 58.8 Å². The second-order valence-electron chi connectivity index (χ2n) is 10.4. The number of carbonyl (C=O) groups is 1. The van der Waals surface area contributed by atoms with Crippen molar-refractivity contribution in [2.75, 3.05) is 19.8 Å². The molecule has 1 saturated heterocycles. The van der Waals surface area contributed by atoms with E-state index in [1.807, 2.05) is 0 Å². The molecular weight excluding hydrogens is 435 g/mol. The Morgan fingerprint density at radius 2 is 2.03 bits per heavy atom. The number of amides is 1. The highest BCUT2D eigenvalue weighted by molar-refractivity contribution is 5.84. The van der Waals surface area contributed by atoms with Crippen molar-refractivity contribution in [2.24, 2.45) is 17.3 Å². The molecule has 1 aromatic rings. The van der Waals surface area contributed by atoms with Gasteiger partial charge in [0.15, 0.2) is 0 Å². The fourth-order valence-electron chi connectivity index (χ4n) is 6.50. The Balaban J connectivity index is 1.30. The third-order valence-electron chi connectivity index (χ3n) is 8.45. The number of fused-ring (bicyclic) bond motifs is 3. The molecule has 1 aromatic heterocycles. The summed E-state index contributed by atoms with van der Waals surface area (Å²) in [6.07, 6.45) is 0.235. The molecule has 2 aliphatic heterocycles. The molecule has 5 atom stereocenters. The zero-order valence-corrected chi connectivity index (χ0v) is 18.9. The predicted octanol–water partition coefficient (Wildman–Crippen LogP) is 2.92. The first kappa shape index (κ1) is 23.1. The van der Waals surface area contributed by atoms with Crippen molar-refractivity contribution in [2.45, 2.75) is 76.4 Å². The van der Waals surface area contributed by atoms with E-state index in [4.69, 9.17) is 4.74 Å². The van der Waals surface area contributed by atoms with Gasteiger partial charge in [-0.2, -0.15) is 13.2 Å². The van der Waals surface area contributed by atoms with Gasteiger partial charge < -0.3 is 20.1 Å². The standard InChI is InChI=1S/C24H32F3N3O3/c1-14(31)23(6-4-19(9-23)29-21-15-2-3-16(21)13-33-12-15)22(32)30-7-5-20-17(11-30)8-18(10-28-20)24(25,26)27/h8,10,14-16,19,21,29,31H,2-7,9,11-13H2,1H3. The van der Waals surface area contributed by atoms with E-state index in [0.29, 0.717) is 54.9 Å². The highest BCUT2D eigenvalue weighted by atomic mass is 19.4. The molecule has 33 heavy (non-hydrogen) atoms. The van der Waals surface area contributed by atoms with Crippen molar-refractivity contribution in [1.29, 1.82) is 0 Å². The lowest BCUT2D eigenvalue weighted by Crippen LogP contribution is -2.52. The fraction of sp³-hybridized carbons (Fsp3) is 0.750. The number of nitrogens with one attached hydrogen (secondary N) is 1. The van der Waals surface area contributed by atoms with Crippen LogP contribution < -0.4 is 5.32 Å². The second-order valence-corrected chi connectivity index (χ2v) is 10.4. The summed E-state index contributed by atoms with van der Waals surface area (Å²) < 4.78 is 45.1. The van der Waals surface area contributed by atoms with Gasteiger partial charge in [-0.3, -0.25) is 9.78 Å². The minimum absolute atomic E-state index is 0.0990. The van der Waals surface area contributed by atoms with Gasteiger partial charge in [-0.1, -0.05) is 0 Å². The Bertz CT molecular complexity index is 893. The maximum absolute atomic E-state index is 13.7. The number of alkyl halides is 3. The second kappa shape index (κ2) is 8.50. The first-order valence-corrected chi connectivity index (χ1v) is 12.0. The molecule has 4 aliphatic rings. The number of hydrogen-bond donors (Lipinski definition) is 2. The molecule has 3 fully saturated rings. The molecule has 3 heterocycles. The van der Waals surface area contributed by atoms with Crippen LogP contribution in [0.5, 0.6) is 0 Å². The SMILES string of the molecule is CC(O)C1(C(=O)N2CCc3ncc(C(F)(F)F)cc3C2)CCC(NC2C3CCC2COC3)C1. The van der Waals surface area contributed by atoms with Crippen LogP contribution in [0.2, 0.25) is 0 Å². The summed E-state index contributed by atoms with van der Waals surface area (Å²) in [5, 5.41) is 14.5. The van der Waals surface area contributed by atoms with Crippen LogP contribution in [0.4, 0.5) is 13.2 Å². The summed E-state index contributed by atoms with van der Waals surface area (Å²) in [7, 11) is 0. The van der Waals surface area contributed by atoms with Crippen molar-refractivity contribution in [3.05, 3.63) is 29.1 Å². The number of nitrogens with zero attached hydrogens (tertiary/aromatic N) is 2. The van der Waals surface area contributed by atoms with Gasteiger partial charge >= 0.3 is 6.18 Å². The van der Waals surface area contributed by atoms with Crippen LogP contribution in [0.25, 0.3) is 0 Å². The molecule has 9 heteroatoms. The minimum atomic E-state index is -4.47. The number of pyridine rings is 1. The van der Waals surface area contributed by atoms with Gasteiger partial charge in [-0.15, -0.1) is 0 Å². The number of hydrogen-bond acceptors (Lipinski definition) is 5. The highest BCUT2D eigenvalue weighted by Crippen LogP contribution is 2.45. The molecule has 6 nitrogen and oxygen atoms in total. The predicted molar refractivity (Wildman–Crippen MR) is 114 cm³/mol. The zero-order valence-electron chi connectivity index (χ0n) is 18.9. The number of aliphatic hydroxyl groups excluding tert-OH is 1. The van der Waals surface area contributed by atoms with Crippen molar-refractivity contribution in [1.82, 2.24) is 15.2 Å². The van der Waals surface area contributed by atoms with E-state index in [9.17, 15) is 23.1 Å². The molecule has 0 spiro atoms. The summed E-state index contributed by atoms with van der Waals surface area (Å²) in [6, 6.07) is 1.65. The summed E-state index contributed by atoms with van der Waals surface area (Å²) in [4.78, 5) is 19.3. The van der Waals surface area contributed by atoms with Gasteiger partial charge in [0.25, 0.3) is 0 Å². The molecule has 5 rings (SSSR count). The van der Waals surface area contributed by atoms with Gasteiger partial charge in [0.05, 0.1) is 30.3 Å². The first-order chi connectivity index (χ1) is 15.7. The molecule has 2 aliphatic carbocycles. The molecule has 1 amide bonds. The van der Waals surface area contributed by atoms with Crippen molar-refractivity contribution in [3.63, 3.8) is 0 Å². The van der Waals surface area contributed by atoms with E-state index in [1.54, 1.807) is 11.8 Å². The van der Waals surface area contributed by atoms with Gasteiger partial charge in [0, 0.05) is 43.5 Å². The van der Waals surface area contributed by atoms with E-state index in [-0.39, 0.29) is 18.5 Å². The largest absolute Gasteiger partial charge is 0.417 e. The third-order valence-corrected chi connectivity index (χ3v) is 8.45. The molecule has 0 radical (unpaired) electrons. The Kier molecular flexibility index (Phi) is 5.94. The van der Waals surface area contributed by atoms with E-state index in [0.717, 1.165) is 44.7 Å². The fourth-order valence-corrected chi connectivity index (χ4v) is 6.50. The lowest BCUT2D eigenvalue weighted by molar-refractivity contribution is -0.149. The molecule has 2 N–H and O–H groups in total. The quantitative estimate of drug-likeness (QED) is 0.713. The van der Waals surface area contributed by atoms with Gasteiger partial charge in [-0.05, 0) is 62.5 Å². The monoisotopic (exact) mass is 467 g/mol. The average molecular weight is 468 g/mol. The van der Waals surface area contributed by atoms with Gasteiger partial charge in [0.1, 0.15) is 0 Å². The van der Waals surface area contributed by atoms with E-state index >= 15 is 0 Å². The van der Waals surface area contributed by atoms with Crippen LogP contribution in [0.3, 0.4) is 0 Å². The van der Waals surface area contributed by atoms with Crippen LogP contribution in [0, 0.1) is 17.3 Å². The maximum atomic E-state index is 13.7. The highest BCUT2D eigenvalue weighted by Gasteiger charge is 2.52. The van der Waals surface area contributed by atoms with Gasteiger partial charge in [0.2, 0.25) is 5.91 Å². The molecule has 182 valence electrons. The lowest BCUT2D eigenvalue weighted by Gasteiger charge is -2.39. The number of halogens is 3. The molecule has 2 saturated carbocycles. The molecule has 5 unspecified atom stereocenters. The van der Waals surface area contributed by atoms with Gasteiger partial charge in [-0.25, -0.2) is 0 Å². The van der Waals surface area contributed by atoms with Crippen molar-refractivity contribution < 1.29 is 27.8 Å². The van der Waals surface area contributed by atoms with Crippen molar-refractivity contribution >= 4 is 5.91 Å². The Labute approximate surface area is 191 Å². The topological polar surface area (TPSA) is 74.7 Å². The summed E-state index contributed by atoms with van der Waals surface area (Å²) in [5.41, 5.74) is -0.651. The normalized spacial score (nSPS) is 34.9.